The molecule has 0 aliphatic heterocycles. The van der Waals surface area contributed by atoms with Crippen LogP contribution in [0.25, 0.3) is 0 Å². The van der Waals surface area contributed by atoms with Crippen LogP contribution in [-0.2, 0) is 0 Å². The molecule has 0 aromatic rings. The summed E-state index contributed by atoms with van der Waals surface area (Å²) in [6, 6.07) is 0. The fraction of sp³-hybridized carbons (Fsp3) is 1.00. The molecular formula is C11H20. The third kappa shape index (κ3) is 0.816. The summed E-state index contributed by atoms with van der Waals surface area (Å²) in [6.45, 7) is 9.81. The van der Waals surface area contributed by atoms with E-state index < -0.39 is 0 Å². The Morgan fingerprint density at radius 2 is 1.73 bits per heavy atom. The summed E-state index contributed by atoms with van der Waals surface area (Å²) >= 11 is 0. The Bertz CT molecular complexity index is 169. The maximum absolute atomic E-state index is 2.47. The molecule has 3 aliphatic carbocycles. The van der Waals surface area contributed by atoms with Gasteiger partial charge in [0.15, 0.2) is 0 Å². The molecule has 11 heavy (non-hydrogen) atoms. The van der Waals surface area contributed by atoms with Gasteiger partial charge in [0.25, 0.3) is 0 Å². The van der Waals surface area contributed by atoms with Crippen LogP contribution in [0.4, 0.5) is 0 Å². The van der Waals surface area contributed by atoms with Gasteiger partial charge in [0.2, 0.25) is 0 Å². The average Bonchev–Trinajstić information content (AvgIpc) is 1.93. The Kier molecular flexibility index (Phi) is 1.41. The fourth-order valence-corrected chi connectivity index (χ4v) is 3.41. The van der Waals surface area contributed by atoms with Gasteiger partial charge in [-0.05, 0) is 41.9 Å². The average molecular weight is 152 g/mol. The second-order valence-electron chi connectivity index (χ2n) is 5.43. The normalized spacial score (nSPS) is 53.5. The van der Waals surface area contributed by atoms with Crippen molar-refractivity contribution in [2.45, 2.75) is 40.5 Å². The van der Waals surface area contributed by atoms with Crippen molar-refractivity contribution in [3.63, 3.8) is 0 Å². The Balaban J connectivity index is 2.17. The van der Waals surface area contributed by atoms with Crippen LogP contribution in [0.5, 0.6) is 0 Å². The summed E-state index contributed by atoms with van der Waals surface area (Å²) in [5, 5.41) is 0. The van der Waals surface area contributed by atoms with Crippen LogP contribution < -0.4 is 0 Å². The minimum atomic E-state index is 0.686. The van der Waals surface area contributed by atoms with E-state index in [0.29, 0.717) is 5.41 Å². The number of hydrogen-bond donors (Lipinski definition) is 0. The topological polar surface area (TPSA) is 0 Å². The van der Waals surface area contributed by atoms with E-state index in [1.807, 2.05) is 0 Å². The van der Waals surface area contributed by atoms with Gasteiger partial charge in [-0.15, -0.1) is 0 Å². The minimum absolute atomic E-state index is 0.686. The van der Waals surface area contributed by atoms with Crippen molar-refractivity contribution in [1.29, 1.82) is 0 Å². The highest BCUT2D eigenvalue weighted by Gasteiger charge is 2.54. The largest absolute Gasteiger partial charge is 0.0622 e. The van der Waals surface area contributed by atoms with Crippen molar-refractivity contribution < 1.29 is 0 Å². The molecule has 0 nitrogen and oxygen atoms in total. The van der Waals surface area contributed by atoms with Crippen molar-refractivity contribution in [3.05, 3.63) is 0 Å². The van der Waals surface area contributed by atoms with Crippen LogP contribution in [-0.4, -0.2) is 0 Å². The summed E-state index contributed by atoms with van der Waals surface area (Å²) in [5.74, 6) is 4.07. The van der Waals surface area contributed by atoms with Crippen LogP contribution in [0, 0.1) is 29.1 Å². The summed E-state index contributed by atoms with van der Waals surface area (Å²) in [6.07, 6.45) is 3.02. The first-order valence-electron chi connectivity index (χ1n) is 5.03. The molecule has 3 aliphatic rings. The third-order valence-electron chi connectivity index (χ3n) is 4.73. The molecule has 0 radical (unpaired) electrons. The van der Waals surface area contributed by atoms with E-state index in [0.717, 1.165) is 23.7 Å². The van der Waals surface area contributed by atoms with E-state index >= 15 is 0 Å². The van der Waals surface area contributed by atoms with Crippen LogP contribution in [0.3, 0.4) is 0 Å². The lowest BCUT2D eigenvalue weighted by molar-refractivity contribution is -0.124. The molecule has 3 unspecified atom stereocenters. The SMILES string of the molecule is CC1CC2CC([C@@H]1C)C2(C)C. The van der Waals surface area contributed by atoms with Crippen molar-refractivity contribution in [3.8, 4) is 0 Å². The molecule has 0 spiro atoms. The van der Waals surface area contributed by atoms with Crippen molar-refractivity contribution in [1.82, 2.24) is 0 Å². The van der Waals surface area contributed by atoms with E-state index in [1.54, 1.807) is 0 Å². The van der Waals surface area contributed by atoms with Gasteiger partial charge in [0.1, 0.15) is 0 Å². The van der Waals surface area contributed by atoms with E-state index in [-0.39, 0.29) is 0 Å². The zero-order valence-electron chi connectivity index (χ0n) is 8.22. The highest BCUT2D eigenvalue weighted by atomic mass is 14.6. The highest BCUT2D eigenvalue weighted by molar-refractivity contribution is 5.03. The molecular weight excluding hydrogens is 132 g/mol. The molecule has 0 aromatic heterocycles. The molecule has 3 saturated carbocycles. The molecule has 4 atom stereocenters. The lowest BCUT2D eigenvalue weighted by atomic mass is 9.44. The van der Waals surface area contributed by atoms with Crippen LogP contribution in [0.2, 0.25) is 0 Å². The summed E-state index contributed by atoms with van der Waals surface area (Å²) in [7, 11) is 0. The Hall–Kier alpha value is 0. The van der Waals surface area contributed by atoms with Gasteiger partial charge in [-0.3, -0.25) is 0 Å². The fourth-order valence-electron chi connectivity index (χ4n) is 3.41. The maximum Gasteiger partial charge on any atom is -0.0295 e. The third-order valence-corrected chi connectivity index (χ3v) is 4.73. The van der Waals surface area contributed by atoms with Crippen molar-refractivity contribution in [2.75, 3.05) is 0 Å². The number of fused-ring (bicyclic) bond motifs is 2. The van der Waals surface area contributed by atoms with Gasteiger partial charge in [-0.2, -0.15) is 0 Å². The summed E-state index contributed by atoms with van der Waals surface area (Å²) in [4.78, 5) is 0. The zero-order valence-corrected chi connectivity index (χ0v) is 8.22. The zero-order chi connectivity index (χ0) is 8.22. The van der Waals surface area contributed by atoms with Gasteiger partial charge in [-0.1, -0.05) is 27.7 Å². The molecule has 0 amide bonds. The first kappa shape index (κ1) is 7.64. The van der Waals surface area contributed by atoms with Crippen molar-refractivity contribution in [2.24, 2.45) is 29.1 Å². The Morgan fingerprint density at radius 3 is 2.09 bits per heavy atom. The van der Waals surface area contributed by atoms with Crippen molar-refractivity contribution >= 4 is 0 Å². The van der Waals surface area contributed by atoms with E-state index in [2.05, 4.69) is 27.7 Å². The van der Waals surface area contributed by atoms with Gasteiger partial charge in [0, 0.05) is 0 Å². The molecule has 3 fully saturated rings. The van der Waals surface area contributed by atoms with Crippen LogP contribution in [0.15, 0.2) is 0 Å². The molecule has 3 rings (SSSR count). The molecule has 2 bridgehead atoms. The summed E-state index contributed by atoms with van der Waals surface area (Å²) in [5.41, 5.74) is 0.686. The van der Waals surface area contributed by atoms with Gasteiger partial charge in [-0.25, -0.2) is 0 Å². The lowest BCUT2D eigenvalue weighted by Gasteiger charge is -2.61. The maximum atomic E-state index is 2.47. The monoisotopic (exact) mass is 152 g/mol. The van der Waals surface area contributed by atoms with E-state index in [4.69, 9.17) is 0 Å². The quantitative estimate of drug-likeness (QED) is 0.499. The minimum Gasteiger partial charge on any atom is -0.0622 e. The molecule has 0 N–H and O–H groups in total. The van der Waals surface area contributed by atoms with E-state index in [1.165, 1.54) is 12.8 Å². The summed E-state index contributed by atoms with van der Waals surface area (Å²) < 4.78 is 0. The highest BCUT2D eigenvalue weighted by Crippen LogP contribution is 2.62. The first-order chi connectivity index (χ1) is 5.03. The lowest BCUT2D eigenvalue weighted by Crippen LogP contribution is -2.54. The van der Waals surface area contributed by atoms with Gasteiger partial charge < -0.3 is 0 Å². The number of hydrogen-bond acceptors (Lipinski definition) is 0. The molecule has 0 aromatic carbocycles. The Morgan fingerprint density at radius 1 is 1.09 bits per heavy atom. The molecule has 64 valence electrons. The predicted molar refractivity (Wildman–Crippen MR) is 48.3 cm³/mol. The van der Waals surface area contributed by atoms with Crippen LogP contribution >= 0.6 is 0 Å². The number of rotatable bonds is 0. The second-order valence-corrected chi connectivity index (χ2v) is 5.43. The smallest absolute Gasteiger partial charge is 0.0295 e. The van der Waals surface area contributed by atoms with Crippen LogP contribution in [0.1, 0.15) is 40.5 Å². The first-order valence-corrected chi connectivity index (χ1v) is 5.03. The van der Waals surface area contributed by atoms with E-state index in [9.17, 15) is 0 Å². The standard InChI is InChI=1S/C11H20/c1-7-5-9-6-10(8(7)2)11(9,3)4/h7-10H,5-6H2,1-4H3/t7?,8-,9?,10?/m1/s1. The Labute approximate surface area is 70.4 Å². The molecule has 0 heterocycles. The second kappa shape index (κ2) is 2.02. The predicted octanol–water partition coefficient (Wildman–Crippen LogP) is 3.32. The van der Waals surface area contributed by atoms with Gasteiger partial charge in [0.05, 0.1) is 0 Å². The van der Waals surface area contributed by atoms with Gasteiger partial charge >= 0.3 is 0 Å². The molecule has 0 saturated heterocycles. The molecule has 0 heteroatoms.